The predicted molar refractivity (Wildman–Crippen MR) is 70.2 cm³/mol. The molecule has 2 aromatic rings. The van der Waals surface area contributed by atoms with Crippen molar-refractivity contribution in [2.24, 2.45) is 7.05 Å². The normalized spacial score (nSPS) is 11.5. The van der Waals surface area contributed by atoms with Crippen molar-refractivity contribution in [2.45, 2.75) is 0 Å². The van der Waals surface area contributed by atoms with Crippen LogP contribution in [0, 0.1) is 10.1 Å². The molecule has 1 N–H and O–H groups in total. The van der Waals surface area contributed by atoms with Crippen LogP contribution >= 0.6 is 20.3 Å². The summed E-state index contributed by atoms with van der Waals surface area (Å²) in [6.07, 6.45) is 0. The third kappa shape index (κ3) is 1.94. The fourth-order valence-electron chi connectivity index (χ4n) is 1.71. The fraction of sp³-hybridized carbons (Fsp3) is 0.222. The molecule has 17 heavy (non-hydrogen) atoms. The van der Waals surface area contributed by atoms with E-state index < -0.39 is 4.92 Å². The number of aryl methyl sites for hydroxylation is 1. The van der Waals surface area contributed by atoms with Gasteiger partial charge in [0.15, 0.2) is 5.82 Å². The molecule has 0 radical (unpaired) electrons. The Morgan fingerprint density at radius 1 is 1.59 bits per heavy atom. The molecule has 8 heteroatoms. The Morgan fingerprint density at radius 3 is 2.88 bits per heavy atom. The maximum atomic E-state index is 10.9. The molecule has 0 spiro atoms. The van der Waals surface area contributed by atoms with Crippen molar-refractivity contribution in [3.63, 3.8) is 0 Å². The number of rotatable bonds is 3. The zero-order valence-corrected chi connectivity index (χ0v) is 10.9. The second-order valence-electron chi connectivity index (χ2n) is 3.39. The number of fused-ring (bicyclic) bond motifs is 1. The highest BCUT2D eigenvalue weighted by Gasteiger charge is 2.21. The van der Waals surface area contributed by atoms with Crippen LogP contribution in [-0.4, -0.2) is 21.4 Å². The van der Waals surface area contributed by atoms with Crippen LogP contribution in [0.1, 0.15) is 0 Å². The first-order chi connectivity index (χ1) is 8.06. The predicted octanol–water partition coefficient (Wildman–Crippen LogP) is 2.77. The summed E-state index contributed by atoms with van der Waals surface area (Å²) in [5, 5.41) is 19.3. The van der Waals surface area contributed by atoms with E-state index in [9.17, 15) is 10.1 Å². The summed E-state index contributed by atoms with van der Waals surface area (Å²) in [6.45, 7) is 1.95. The van der Waals surface area contributed by atoms with Gasteiger partial charge < -0.3 is 5.09 Å². The Balaban J connectivity index is 2.83. The Morgan fingerprint density at radius 2 is 2.29 bits per heavy atom. The maximum absolute atomic E-state index is 10.9. The number of hydrogen-bond acceptors (Lipinski definition) is 4. The van der Waals surface area contributed by atoms with Crippen LogP contribution in [0.3, 0.4) is 0 Å². The molecule has 0 bridgehead atoms. The minimum atomic E-state index is -0.432. The van der Waals surface area contributed by atoms with E-state index in [-0.39, 0.29) is 5.69 Å². The van der Waals surface area contributed by atoms with Crippen molar-refractivity contribution in [3.05, 3.63) is 27.3 Å². The van der Waals surface area contributed by atoms with E-state index >= 15 is 0 Å². The number of nitrogens with one attached hydrogen (secondary N) is 1. The van der Waals surface area contributed by atoms with Gasteiger partial charge in [-0.1, -0.05) is 11.6 Å². The number of nitro groups is 1. The van der Waals surface area contributed by atoms with Crippen molar-refractivity contribution in [2.75, 3.05) is 11.8 Å². The lowest BCUT2D eigenvalue weighted by Crippen LogP contribution is -1.95. The number of anilines is 1. The number of non-ortho nitro benzene ring substituents is 1. The Kier molecular flexibility index (Phi) is 3.17. The van der Waals surface area contributed by atoms with Gasteiger partial charge in [-0.2, -0.15) is 5.10 Å². The first-order valence-electron chi connectivity index (χ1n) is 4.78. The second-order valence-corrected chi connectivity index (χ2v) is 4.55. The number of nitro benzene ring substituents is 1. The quantitative estimate of drug-likeness (QED) is 0.530. The van der Waals surface area contributed by atoms with Crippen molar-refractivity contribution in [1.29, 1.82) is 0 Å². The second kappa shape index (κ2) is 4.47. The molecular formula is C9H10ClN4O2P. The van der Waals surface area contributed by atoms with Crippen molar-refractivity contribution < 1.29 is 4.92 Å². The summed E-state index contributed by atoms with van der Waals surface area (Å²) in [5.74, 6) is 0.581. The van der Waals surface area contributed by atoms with Gasteiger partial charge in [-0.25, -0.2) is 0 Å². The molecule has 1 aromatic carbocycles. The van der Waals surface area contributed by atoms with Gasteiger partial charge in [0.1, 0.15) is 5.52 Å². The molecule has 0 aliphatic rings. The molecule has 0 saturated carbocycles. The molecule has 0 aliphatic carbocycles. The lowest BCUT2D eigenvalue weighted by atomic mass is 10.2. The Labute approximate surface area is 104 Å². The van der Waals surface area contributed by atoms with Gasteiger partial charge in [-0.3, -0.25) is 14.8 Å². The van der Waals surface area contributed by atoms with E-state index in [2.05, 4.69) is 10.2 Å². The zero-order valence-electron chi connectivity index (χ0n) is 9.19. The Hall–Kier alpha value is -1.39. The molecule has 1 unspecified atom stereocenters. The van der Waals surface area contributed by atoms with E-state index in [4.69, 9.17) is 11.6 Å². The van der Waals surface area contributed by atoms with Gasteiger partial charge in [0, 0.05) is 13.1 Å². The number of aromatic nitrogens is 2. The first kappa shape index (κ1) is 12.1. The number of halogens is 1. The molecule has 1 atom stereocenters. The van der Waals surface area contributed by atoms with Gasteiger partial charge in [-0.05, 0) is 21.5 Å². The van der Waals surface area contributed by atoms with E-state index in [1.807, 2.05) is 6.66 Å². The van der Waals surface area contributed by atoms with Crippen LogP contribution in [0.15, 0.2) is 12.1 Å². The first-order valence-corrected chi connectivity index (χ1v) is 6.66. The van der Waals surface area contributed by atoms with E-state index in [0.29, 0.717) is 30.5 Å². The Bertz CT molecular complexity index is 598. The maximum Gasteiger partial charge on any atom is 0.295 e. The summed E-state index contributed by atoms with van der Waals surface area (Å²) in [4.78, 5) is 10.5. The standard InChI is InChI=1S/C9H10ClN4O2P/c1-13-8-6(14(15)16)4-3-5(10)7(8)9(11-13)12-17-2/h3-4,17H,1-2H3,(H,11,12). The molecule has 0 amide bonds. The molecule has 1 aromatic heterocycles. The minimum Gasteiger partial charge on any atom is -0.350 e. The van der Waals surface area contributed by atoms with Crippen LogP contribution in [0.2, 0.25) is 5.02 Å². The fourth-order valence-corrected chi connectivity index (χ4v) is 2.37. The molecule has 1 heterocycles. The highest BCUT2D eigenvalue weighted by Crippen LogP contribution is 2.36. The largest absolute Gasteiger partial charge is 0.350 e. The summed E-state index contributed by atoms with van der Waals surface area (Å²) >= 11 is 6.08. The molecule has 90 valence electrons. The third-order valence-corrected chi connectivity index (χ3v) is 3.16. The van der Waals surface area contributed by atoms with Crippen LogP contribution in [0.25, 0.3) is 10.9 Å². The van der Waals surface area contributed by atoms with E-state index in [1.54, 1.807) is 7.05 Å². The van der Waals surface area contributed by atoms with Crippen LogP contribution in [0.5, 0.6) is 0 Å². The molecule has 0 saturated heterocycles. The van der Waals surface area contributed by atoms with Crippen LogP contribution in [0.4, 0.5) is 11.5 Å². The topological polar surface area (TPSA) is 73.0 Å². The van der Waals surface area contributed by atoms with Crippen LogP contribution < -0.4 is 5.09 Å². The average Bonchev–Trinajstić information content (AvgIpc) is 2.58. The number of hydrogen-bond donors (Lipinski definition) is 1. The molecule has 0 aliphatic heterocycles. The third-order valence-electron chi connectivity index (χ3n) is 2.36. The molecule has 0 fully saturated rings. The zero-order chi connectivity index (χ0) is 12.6. The molecule has 6 nitrogen and oxygen atoms in total. The summed E-state index contributed by atoms with van der Waals surface area (Å²) in [6, 6.07) is 2.91. The van der Waals surface area contributed by atoms with Gasteiger partial charge in [0.2, 0.25) is 0 Å². The van der Waals surface area contributed by atoms with Gasteiger partial charge in [-0.15, -0.1) is 0 Å². The van der Waals surface area contributed by atoms with E-state index in [0.717, 1.165) is 0 Å². The number of nitrogens with zero attached hydrogens (tertiary/aromatic N) is 3. The van der Waals surface area contributed by atoms with Crippen molar-refractivity contribution in [3.8, 4) is 0 Å². The van der Waals surface area contributed by atoms with Crippen molar-refractivity contribution >= 4 is 42.7 Å². The summed E-state index contributed by atoms with van der Waals surface area (Å²) in [5.41, 5.74) is 0.440. The smallest absolute Gasteiger partial charge is 0.295 e. The SMILES string of the molecule is CPNc1nn(C)c2c([N+](=O)[O-])ccc(Cl)c12. The molecular weight excluding hydrogens is 263 g/mol. The highest BCUT2D eigenvalue weighted by molar-refractivity contribution is 7.38. The van der Waals surface area contributed by atoms with Crippen molar-refractivity contribution in [1.82, 2.24) is 9.78 Å². The van der Waals surface area contributed by atoms with Crippen LogP contribution in [-0.2, 0) is 7.05 Å². The number of benzene rings is 1. The highest BCUT2D eigenvalue weighted by atomic mass is 35.5. The van der Waals surface area contributed by atoms with Gasteiger partial charge in [0.25, 0.3) is 5.69 Å². The van der Waals surface area contributed by atoms with E-state index in [1.165, 1.54) is 16.8 Å². The summed E-state index contributed by atoms with van der Waals surface area (Å²) < 4.78 is 1.47. The minimum absolute atomic E-state index is 0.00638. The van der Waals surface area contributed by atoms with Gasteiger partial charge in [0.05, 0.1) is 15.3 Å². The average molecular weight is 273 g/mol. The summed E-state index contributed by atoms with van der Waals surface area (Å²) in [7, 11) is 2.11. The molecule has 2 rings (SSSR count). The lowest BCUT2D eigenvalue weighted by Gasteiger charge is -2.00. The lowest BCUT2D eigenvalue weighted by molar-refractivity contribution is -0.383. The monoisotopic (exact) mass is 272 g/mol. The van der Waals surface area contributed by atoms with Gasteiger partial charge >= 0.3 is 0 Å².